The smallest absolute Gasteiger partial charge is 0.163 e. The van der Waals surface area contributed by atoms with E-state index < -0.39 is 0 Å². The maximum atomic E-state index is 11.5. The Balaban J connectivity index is 3.30. The summed E-state index contributed by atoms with van der Waals surface area (Å²) in [5.41, 5.74) is 0. The second kappa shape index (κ2) is 11.0. The van der Waals surface area contributed by atoms with Crippen LogP contribution in [-0.2, 0) is 14.3 Å². The van der Waals surface area contributed by atoms with Gasteiger partial charge in [0.25, 0.3) is 0 Å². The number of ketones is 1. The Morgan fingerprint density at radius 3 is 2.53 bits per heavy atom. The molecule has 102 valence electrons. The molecule has 0 aliphatic heterocycles. The third-order valence-corrected chi connectivity index (χ3v) is 2.76. The highest BCUT2D eigenvalue weighted by atomic mass is 32.2. The predicted molar refractivity (Wildman–Crippen MR) is 72.2 cm³/mol. The number of carbonyl (C=O) groups is 1. The summed E-state index contributed by atoms with van der Waals surface area (Å²) in [6, 6.07) is 0. The fourth-order valence-corrected chi connectivity index (χ4v) is 1.58. The van der Waals surface area contributed by atoms with Crippen molar-refractivity contribution in [2.45, 2.75) is 33.3 Å². The zero-order valence-corrected chi connectivity index (χ0v) is 12.1. The van der Waals surface area contributed by atoms with E-state index in [1.54, 1.807) is 11.9 Å². The van der Waals surface area contributed by atoms with Crippen molar-refractivity contribution >= 4 is 17.7 Å². The molecule has 0 amide bonds. The Morgan fingerprint density at radius 1 is 1.24 bits per heavy atom. The first-order chi connectivity index (χ1) is 8.09. The summed E-state index contributed by atoms with van der Waals surface area (Å²) in [7, 11) is 0. The van der Waals surface area contributed by atoms with E-state index in [0.29, 0.717) is 19.8 Å². The van der Waals surface area contributed by atoms with Gasteiger partial charge in [0.15, 0.2) is 5.78 Å². The minimum atomic E-state index is -0.298. The van der Waals surface area contributed by atoms with E-state index >= 15 is 0 Å². The van der Waals surface area contributed by atoms with Gasteiger partial charge in [-0.2, -0.15) is 0 Å². The first kappa shape index (κ1) is 16.9. The molecule has 0 bridgehead atoms. The van der Waals surface area contributed by atoms with Gasteiger partial charge in [-0.15, -0.1) is 0 Å². The Morgan fingerprint density at radius 2 is 1.94 bits per heavy atom. The van der Waals surface area contributed by atoms with E-state index in [2.05, 4.69) is 4.72 Å². The van der Waals surface area contributed by atoms with Crippen LogP contribution in [0, 0.1) is 5.92 Å². The normalized spacial score (nSPS) is 13.0. The lowest BCUT2D eigenvalue weighted by molar-refractivity contribution is -0.132. The average Bonchev–Trinajstić information content (AvgIpc) is 2.31. The first-order valence-electron chi connectivity index (χ1n) is 6.08. The molecule has 1 N–H and O–H groups in total. The lowest BCUT2D eigenvalue weighted by Crippen LogP contribution is -2.25. The molecule has 0 aromatic rings. The number of carbonyl (C=O) groups excluding carboxylic acids is 1. The number of ether oxygens (including phenoxy) is 2. The fraction of sp³-hybridized carbons (Fsp3) is 0.917. The molecule has 0 unspecified atom stereocenters. The minimum absolute atomic E-state index is 0.0406. The van der Waals surface area contributed by atoms with Crippen molar-refractivity contribution < 1.29 is 14.3 Å². The summed E-state index contributed by atoms with van der Waals surface area (Å²) in [6.45, 7) is 8.42. The first-order valence-corrected chi connectivity index (χ1v) is 7.31. The van der Waals surface area contributed by atoms with Crippen molar-refractivity contribution in [3.05, 3.63) is 0 Å². The lowest BCUT2D eigenvalue weighted by Gasteiger charge is -2.14. The van der Waals surface area contributed by atoms with Crippen LogP contribution in [0.1, 0.15) is 27.2 Å². The molecule has 0 spiro atoms. The maximum Gasteiger partial charge on any atom is 0.163 e. The minimum Gasteiger partial charge on any atom is -0.380 e. The second-order valence-electron chi connectivity index (χ2n) is 4.13. The van der Waals surface area contributed by atoms with Crippen molar-refractivity contribution in [1.29, 1.82) is 0 Å². The van der Waals surface area contributed by atoms with Gasteiger partial charge in [0.05, 0.1) is 6.61 Å². The zero-order chi connectivity index (χ0) is 13.1. The third-order valence-electron chi connectivity index (χ3n) is 2.26. The van der Waals surface area contributed by atoms with Crippen molar-refractivity contribution in [3.63, 3.8) is 0 Å². The number of nitrogens with one attached hydrogen (secondary N) is 1. The van der Waals surface area contributed by atoms with Crippen molar-refractivity contribution in [3.8, 4) is 0 Å². The molecule has 5 heteroatoms. The summed E-state index contributed by atoms with van der Waals surface area (Å²) in [6.07, 6.45) is 2.52. The molecule has 17 heavy (non-hydrogen) atoms. The maximum absolute atomic E-state index is 11.5. The van der Waals surface area contributed by atoms with Crippen LogP contribution in [0.15, 0.2) is 0 Å². The van der Waals surface area contributed by atoms with E-state index in [9.17, 15) is 4.79 Å². The standard InChI is InChI=1S/C12H25NO3S/c1-10(2)12(14)11(3)16-8-5-7-15-9-6-13-17-4/h10-11,13H,5-9H2,1-4H3/t11-/m1/s1. The molecule has 0 radical (unpaired) electrons. The van der Waals surface area contributed by atoms with Crippen molar-refractivity contribution in [2.24, 2.45) is 5.92 Å². The molecule has 0 rings (SSSR count). The molecule has 0 aromatic carbocycles. The van der Waals surface area contributed by atoms with E-state index in [4.69, 9.17) is 9.47 Å². The Labute approximate surface area is 109 Å². The monoisotopic (exact) mass is 263 g/mol. The van der Waals surface area contributed by atoms with Gasteiger partial charge < -0.3 is 9.47 Å². The summed E-state index contributed by atoms with van der Waals surface area (Å²) in [4.78, 5) is 11.5. The van der Waals surface area contributed by atoms with Crippen LogP contribution in [0.2, 0.25) is 0 Å². The van der Waals surface area contributed by atoms with Gasteiger partial charge in [-0.05, 0) is 19.6 Å². The summed E-state index contributed by atoms with van der Waals surface area (Å²) >= 11 is 1.59. The number of Topliss-reactive ketones (excluding diaryl/α,β-unsaturated/α-hetero) is 1. The molecule has 0 aliphatic rings. The van der Waals surface area contributed by atoms with E-state index in [-0.39, 0.29) is 17.8 Å². The van der Waals surface area contributed by atoms with Gasteiger partial charge in [0, 0.05) is 25.7 Å². The van der Waals surface area contributed by atoms with Gasteiger partial charge >= 0.3 is 0 Å². The van der Waals surface area contributed by atoms with Crippen LogP contribution >= 0.6 is 11.9 Å². The number of rotatable bonds is 11. The third kappa shape index (κ3) is 9.59. The molecular weight excluding hydrogens is 238 g/mol. The average molecular weight is 263 g/mol. The lowest BCUT2D eigenvalue weighted by atomic mass is 10.1. The molecule has 0 heterocycles. The second-order valence-corrected chi connectivity index (χ2v) is 4.83. The molecule has 0 fully saturated rings. The van der Waals surface area contributed by atoms with Crippen LogP contribution < -0.4 is 4.72 Å². The van der Waals surface area contributed by atoms with Gasteiger partial charge in [-0.1, -0.05) is 25.8 Å². The van der Waals surface area contributed by atoms with Gasteiger partial charge in [-0.25, -0.2) is 0 Å². The van der Waals surface area contributed by atoms with E-state index in [0.717, 1.165) is 13.0 Å². The molecule has 1 atom stereocenters. The largest absolute Gasteiger partial charge is 0.380 e. The van der Waals surface area contributed by atoms with Crippen LogP contribution in [0.25, 0.3) is 0 Å². The van der Waals surface area contributed by atoms with Crippen LogP contribution in [0.3, 0.4) is 0 Å². The molecule has 0 aromatic heterocycles. The number of hydrogen-bond acceptors (Lipinski definition) is 5. The SMILES string of the molecule is CSNCCOCCCO[C@H](C)C(=O)C(C)C. The summed E-state index contributed by atoms with van der Waals surface area (Å²) in [5, 5.41) is 0. The Kier molecular flexibility index (Phi) is 11.0. The van der Waals surface area contributed by atoms with E-state index in [1.807, 2.05) is 27.0 Å². The van der Waals surface area contributed by atoms with Gasteiger partial charge in [0.1, 0.15) is 6.10 Å². The molecule has 0 saturated heterocycles. The zero-order valence-electron chi connectivity index (χ0n) is 11.3. The predicted octanol–water partition coefficient (Wildman–Crippen LogP) is 1.89. The highest BCUT2D eigenvalue weighted by Crippen LogP contribution is 2.03. The molecular formula is C12H25NO3S. The fourth-order valence-electron chi connectivity index (χ4n) is 1.29. The van der Waals surface area contributed by atoms with Gasteiger partial charge in [-0.3, -0.25) is 9.52 Å². The Bertz CT molecular complexity index is 200. The highest BCUT2D eigenvalue weighted by molar-refractivity contribution is 7.96. The van der Waals surface area contributed by atoms with Crippen molar-refractivity contribution in [2.75, 3.05) is 32.6 Å². The van der Waals surface area contributed by atoms with Crippen LogP contribution in [0.5, 0.6) is 0 Å². The van der Waals surface area contributed by atoms with E-state index in [1.165, 1.54) is 0 Å². The molecule has 0 aliphatic carbocycles. The summed E-state index contributed by atoms with van der Waals surface area (Å²) in [5.74, 6) is 0.203. The quantitative estimate of drug-likeness (QED) is 0.456. The highest BCUT2D eigenvalue weighted by Gasteiger charge is 2.16. The molecule has 0 saturated carbocycles. The summed E-state index contributed by atoms with van der Waals surface area (Å²) < 4.78 is 13.9. The Hall–Kier alpha value is -0.100. The van der Waals surface area contributed by atoms with Crippen LogP contribution in [0.4, 0.5) is 0 Å². The topological polar surface area (TPSA) is 47.6 Å². The van der Waals surface area contributed by atoms with Crippen molar-refractivity contribution in [1.82, 2.24) is 4.72 Å². The van der Waals surface area contributed by atoms with Gasteiger partial charge in [0.2, 0.25) is 0 Å². The number of hydrogen-bond donors (Lipinski definition) is 1. The molecule has 4 nitrogen and oxygen atoms in total. The van der Waals surface area contributed by atoms with Crippen LogP contribution in [-0.4, -0.2) is 44.5 Å².